The van der Waals surface area contributed by atoms with Crippen LogP contribution in [0.15, 0.2) is 0 Å². The van der Waals surface area contributed by atoms with Crippen molar-refractivity contribution in [1.29, 1.82) is 0 Å². The molecule has 7 N–H and O–H groups in total. The predicted octanol–water partition coefficient (Wildman–Crippen LogP) is 8.96. The molecule has 0 aromatic carbocycles. The fourth-order valence-electron chi connectivity index (χ4n) is 9.74. The van der Waals surface area contributed by atoms with Crippen LogP contribution in [0.25, 0.3) is 0 Å². The Morgan fingerprint density at radius 3 is 1.15 bits per heavy atom. The molecule has 2 aliphatic heterocycles. The first-order valence-electron chi connectivity index (χ1n) is 27.7. The highest BCUT2D eigenvalue weighted by Crippen LogP contribution is 2.28. The van der Waals surface area contributed by atoms with Crippen molar-refractivity contribution in [3.8, 4) is 0 Å². The van der Waals surface area contributed by atoms with Gasteiger partial charge in [-0.3, -0.25) is 0 Å². The normalized spacial score (nSPS) is 29.0. The molecule has 0 aromatic rings. The van der Waals surface area contributed by atoms with E-state index in [-0.39, 0.29) is 13.2 Å². The van der Waals surface area contributed by atoms with E-state index in [1.165, 1.54) is 109 Å². The van der Waals surface area contributed by atoms with Crippen molar-refractivity contribution >= 4 is 0 Å². The molecule has 0 bridgehead atoms. The minimum Gasteiger partial charge on any atom is -0.394 e. The summed E-state index contributed by atoms with van der Waals surface area (Å²) in [6.45, 7) is 23.7. The Hall–Kier alpha value is -0.520. The molecule has 2 heterocycles. The van der Waals surface area contributed by atoms with E-state index in [1.54, 1.807) is 0 Å². The van der Waals surface area contributed by atoms with Gasteiger partial charge in [0.15, 0.2) is 12.6 Å². The lowest BCUT2D eigenvalue weighted by Crippen LogP contribution is -2.61. The van der Waals surface area contributed by atoms with Gasteiger partial charge in [-0.25, -0.2) is 0 Å². The first kappa shape index (κ1) is 63.6. The summed E-state index contributed by atoms with van der Waals surface area (Å²) in [5, 5.41) is 72.7. The number of rotatable bonds is 40. The van der Waals surface area contributed by atoms with E-state index in [9.17, 15) is 35.7 Å². The topological polar surface area (TPSA) is 197 Å². The fourth-order valence-corrected chi connectivity index (χ4v) is 9.74. The van der Waals surface area contributed by atoms with Gasteiger partial charge in [0.1, 0.15) is 54.9 Å². The highest BCUT2D eigenvalue weighted by molar-refractivity contribution is 4.92. The van der Waals surface area contributed by atoms with Crippen LogP contribution in [0.3, 0.4) is 0 Å². The zero-order chi connectivity index (χ0) is 50.6. The zero-order valence-electron chi connectivity index (χ0n) is 44.9. The van der Waals surface area contributed by atoms with Crippen molar-refractivity contribution in [1.82, 2.24) is 0 Å². The van der Waals surface area contributed by atoms with Gasteiger partial charge in [-0.15, -0.1) is 0 Å². The van der Waals surface area contributed by atoms with Crippen LogP contribution in [-0.4, -0.2) is 143 Å². The molecular formula is C55H108O13. The van der Waals surface area contributed by atoms with Gasteiger partial charge in [0.25, 0.3) is 0 Å². The summed E-state index contributed by atoms with van der Waals surface area (Å²) in [5.74, 6) is 5.74. The number of ether oxygens (including phenoxy) is 6. The maximum atomic E-state index is 10.9. The van der Waals surface area contributed by atoms with E-state index in [4.69, 9.17) is 28.4 Å². The quantitative estimate of drug-likeness (QED) is 0.0288. The number of aliphatic hydroxyl groups is 7. The van der Waals surface area contributed by atoms with Gasteiger partial charge in [0, 0.05) is 13.2 Å². The maximum absolute atomic E-state index is 10.9. The third-order valence-electron chi connectivity index (χ3n) is 14.9. The van der Waals surface area contributed by atoms with Crippen LogP contribution >= 0.6 is 0 Å². The Balaban J connectivity index is 1.86. The van der Waals surface area contributed by atoms with Crippen LogP contribution in [0.5, 0.6) is 0 Å². The van der Waals surface area contributed by atoms with Gasteiger partial charge < -0.3 is 64.2 Å². The summed E-state index contributed by atoms with van der Waals surface area (Å²) < 4.78 is 35.5. The highest BCUT2D eigenvalue weighted by Gasteiger charge is 2.47. The van der Waals surface area contributed by atoms with Gasteiger partial charge in [-0.05, 0) is 60.2 Å². The molecule has 0 aliphatic carbocycles. The standard InChI is InChI=1S/C55H108O13/c1-37(2)17-11-19-39(5)21-13-23-41(7)25-15-27-43(9)29-31-63-34-45(64-32-30-44(10)28-16-26-42(8)24-14-22-40(6)20-12-18-38(3)4)35-65-54-53(62)51(60)49(58)47(68-54)36-66-55-52(61)50(59)48(57)46(33-56)67-55/h37-62H,11-36H2,1-10H3. The molecule has 0 spiro atoms. The van der Waals surface area contributed by atoms with Crippen molar-refractivity contribution < 1.29 is 64.2 Å². The van der Waals surface area contributed by atoms with E-state index in [1.807, 2.05) is 0 Å². The van der Waals surface area contributed by atoms with Crippen LogP contribution in [0.2, 0.25) is 0 Å². The largest absolute Gasteiger partial charge is 0.394 e. The lowest BCUT2D eigenvalue weighted by Gasteiger charge is -2.42. The minimum atomic E-state index is -1.65. The average Bonchev–Trinajstić information content (AvgIpc) is 3.28. The number of hydrogen-bond donors (Lipinski definition) is 7. The first-order chi connectivity index (χ1) is 32.3. The van der Waals surface area contributed by atoms with Crippen molar-refractivity contribution in [3.05, 3.63) is 0 Å². The highest BCUT2D eigenvalue weighted by atomic mass is 16.7. The monoisotopic (exact) mass is 977 g/mol. The van der Waals surface area contributed by atoms with E-state index >= 15 is 0 Å². The molecule has 17 unspecified atom stereocenters. The van der Waals surface area contributed by atoms with Gasteiger partial charge in [0.05, 0.1) is 26.4 Å². The summed E-state index contributed by atoms with van der Waals surface area (Å²) in [7, 11) is 0. The molecule has 2 rings (SSSR count). The van der Waals surface area contributed by atoms with Crippen LogP contribution in [0, 0.1) is 47.3 Å². The molecule has 0 amide bonds. The Morgan fingerprint density at radius 1 is 0.382 bits per heavy atom. The lowest BCUT2D eigenvalue weighted by atomic mass is 9.91. The SMILES string of the molecule is CC(C)CCCC(C)CCCC(C)CCCC(C)CCOCC(COC1OC(COC2OC(CO)C(O)C(O)C2O)C(O)C(O)C1O)OCCC(C)CCCC(C)CCCC(C)CCCC(C)C. The summed E-state index contributed by atoms with van der Waals surface area (Å²) in [5.41, 5.74) is 0. The third kappa shape index (κ3) is 27.0. The molecule has 2 aliphatic rings. The molecule has 68 heavy (non-hydrogen) atoms. The van der Waals surface area contributed by atoms with Crippen LogP contribution in [-0.2, 0) is 28.4 Å². The third-order valence-corrected chi connectivity index (χ3v) is 14.9. The Labute approximate surface area is 415 Å². The van der Waals surface area contributed by atoms with Crippen LogP contribution < -0.4 is 0 Å². The summed E-state index contributed by atoms with van der Waals surface area (Å²) in [6.07, 6.45) is 9.68. The van der Waals surface area contributed by atoms with Gasteiger partial charge >= 0.3 is 0 Å². The average molecular weight is 977 g/mol. The molecule has 0 aromatic heterocycles. The Morgan fingerprint density at radius 2 is 0.735 bits per heavy atom. The fraction of sp³-hybridized carbons (Fsp3) is 1.00. The Bertz CT molecular complexity index is 1190. The zero-order valence-corrected chi connectivity index (χ0v) is 44.9. The van der Waals surface area contributed by atoms with Gasteiger partial charge in [-0.1, -0.05) is 185 Å². The lowest BCUT2D eigenvalue weighted by molar-refractivity contribution is -0.333. The van der Waals surface area contributed by atoms with Crippen molar-refractivity contribution in [2.75, 3.05) is 39.6 Å². The van der Waals surface area contributed by atoms with Crippen molar-refractivity contribution in [3.63, 3.8) is 0 Å². The first-order valence-corrected chi connectivity index (χ1v) is 27.7. The molecule has 17 atom stereocenters. The second-order valence-corrected chi connectivity index (χ2v) is 23.0. The molecular weight excluding hydrogens is 869 g/mol. The van der Waals surface area contributed by atoms with Crippen LogP contribution in [0.1, 0.15) is 198 Å². The van der Waals surface area contributed by atoms with Gasteiger partial charge in [-0.2, -0.15) is 0 Å². The smallest absolute Gasteiger partial charge is 0.186 e. The summed E-state index contributed by atoms with van der Waals surface area (Å²) in [6, 6.07) is 0. The van der Waals surface area contributed by atoms with Crippen molar-refractivity contribution in [2.45, 2.75) is 265 Å². The summed E-state index contributed by atoms with van der Waals surface area (Å²) >= 11 is 0. The molecule has 13 heteroatoms. The van der Waals surface area contributed by atoms with Crippen LogP contribution in [0.4, 0.5) is 0 Å². The molecule has 2 fully saturated rings. The van der Waals surface area contributed by atoms with Crippen molar-refractivity contribution in [2.24, 2.45) is 47.3 Å². The molecule has 0 saturated carbocycles. The van der Waals surface area contributed by atoms with Gasteiger partial charge in [0.2, 0.25) is 0 Å². The minimum absolute atomic E-state index is 0.00274. The summed E-state index contributed by atoms with van der Waals surface area (Å²) in [4.78, 5) is 0. The Kier molecular flexibility index (Phi) is 34.1. The molecule has 13 nitrogen and oxygen atoms in total. The van der Waals surface area contributed by atoms with E-state index < -0.39 is 80.7 Å². The molecule has 406 valence electrons. The van der Waals surface area contributed by atoms with E-state index in [2.05, 4.69) is 69.2 Å². The number of hydrogen-bond acceptors (Lipinski definition) is 13. The number of aliphatic hydroxyl groups excluding tert-OH is 7. The predicted molar refractivity (Wildman–Crippen MR) is 270 cm³/mol. The molecule has 0 radical (unpaired) electrons. The second kappa shape index (κ2) is 36.4. The second-order valence-electron chi connectivity index (χ2n) is 23.0. The van der Waals surface area contributed by atoms with E-state index in [0.717, 1.165) is 54.8 Å². The molecule has 2 saturated heterocycles. The van der Waals surface area contributed by atoms with E-state index in [0.29, 0.717) is 25.0 Å². The maximum Gasteiger partial charge on any atom is 0.186 e.